The van der Waals surface area contributed by atoms with E-state index in [1.54, 1.807) is 0 Å². The van der Waals surface area contributed by atoms with E-state index in [4.69, 9.17) is 9.47 Å². The zero-order valence-electron chi connectivity index (χ0n) is 12.6. The summed E-state index contributed by atoms with van der Waals surface area (Å²) in [4.78, 5) is 0. The van der Waals surface area contributed by atoms with Crippen LogP contribution in [0, 0.1) is 6.92 Å². The van der Waals surface area contributed by atoms with Gasteiger partial charge in [-0.2, -0.15) is 0 Å². The molecule has 0 aromatic heterocycles. The summed E-state index contributed by atoms with van der Waals surface area (Å²) in [5.41, 5.74) is 2.63. The second kappa shape index (κ2) is 5.74. The lowest BCUT2D eigenvalue weighted by atomic mass is 9.74. The van der Waals surface area contributed by atoms with Gasteiger partial charge in [0.15, 0.2) is 0 Å². The van der Waals surface area contributed by atoms with Crippen molar-refractivity contribution in [3.8, 4) is 5.75 Å². The first-order valence-corrected chi connectivity index (χ1v) is 7.76. The molecule has 2 fully saturated rings. The van der Waals surface area contributed by atoms with E-state index in [1.165, 1.54) is 30.4 Å². The number of hydrogen-bond donors (Lipinski definition) is 1. The van der Waals surface area contributed by atoms with Crippen LogP contribution >= 0.6 is 0 Å². The van der Waals surface area contributed by atoms with Crippen LogP contribution in [-0.4, -0.2) is 25.4 Å². The average molecular weight is 275 g/mol. The highest BCUT2D eigenvalue weighted by molar-refractivity contribution is 5.41. The third kappa shape index (κ3) is 2.70. The van der Waals surface area contributed by atoms with Crippen LogP contribution in [0.15, 0.2) is 18.2 Å². The minimum Gasteiger partial charge on any atom is -0.490 e. The maximum atomic E-state index is 6.38. The van der Waals surface area contributed by atoms with Gasteiger partial charge in [0.05, 0.1) is 12.2 Å². The van der Waals surface area contributed by atoms with Gasteiger partial charge in [-0.3, -0.25) is 0 Å². The van der Waals surface area contributed by atoms with Crippen molar-refractivity contribution in [2.24, 2.45) is 0 Å². The Hall–Kier alpha value is -1.06. The van der Waals surface area contributed by atoms with E-state index in [-0.39, 0.29) is 5.60 Å². The monoisotopic (exact) mass is 275 g/mol. The number of rotatable bonds is 4. The lowest BCUT2D eigenvalue weighted by molar-refractivity contribution is -0.153. The van der Waals surface area contributed by atoms with Crippen molar-refractivity contribution < 1.29 is 9.47 Å². The number of hydrogen-bond acceptors (Lipinski definition) is 3. The molecule has 1 saturated carbocycles. The summed E-state index contributed by atoms with van der Waals surface area (Å²) in [5.74, 6) is 1.07. The molecule has 1 saturated heterocycles. The summed E-state index contributed by atoms with van der Waals surface area (Å²) < 4.78 is 12.4. The molecule has 1 aliphatic heterocycles. The van der Waals surface area contributed by atoms with E-state index >= 15 is 0 Å². The minimum absolute atomic E-state index is 0.148. The fourth-order valence-corrected chi connectivity index (χ4v) is 3.38. The lowest BCUT2D eigenvalue weighted by Crippen LogP contribution is -2.48. The summed E-state index contributed by atoms with van der Waals surface area (Å²) in [6.45, 7) is 3.83. The van der Waals surface area contributed by atoms with Crippen LogP contribution in [-0.2, 0) is 11.3 Å². The molecule has 1 atom stereocenters. The van der Waals surface area contributed by atoms with Crippen molar-refractivity contribution in [1.29, 1.82) is 0 Å². The van der Waals surface area contributed by atoms with Crippen LogP contribution in [0.3, 0.4) is 0 Å². The molecule has 0 radical (unpaired) electrons. The third-order valence-electron chi connectivity index (χ3n) is 4.66. The van der Waals surface area contributed by atoms with Crippen molar-refractivity contribution in [1.82, 2.24) is 5.32 Å². The minimum atomic E-state index is 0.148. The smallest absolute Gasteiger partial charge is 0.127 e. The standard InChI is InChI=1S/C17H25NO2/c1-13-5-3-6-14(12-18-2)16(13)20-15-7-10-19-17(11-15)8-4-9-17/h3,5-6,15,18H,4,7-12H2,1-2H3. The van der Waals surface area contributed by atoms with Gasteiger partial charge < -0.3 is 14.8 Å². The first kappa shape index (κ1) is 13.9. The van der Waals surface area contributed by atoms with E-state index in [0.29, 0.717) is 6.10 Å². The Bertz CT molecular complexity index is 468. The third-order valence-corrected chi connectivity index (χ3v) is 4.66. The molecule has 1 unspecified atom stereocenters. The quantitative estimate of drug-likeness (QED) is 0.915. The van der Waals surface area contributed by atoms with Crippen LogP contribution in [0.25, 0.3) is 0 Å². The molecule has 20 heavy (non-hydrogen) atoms. The first-order chi connectivity index (χ1) is 9.72. The molecule has 3 rings (SSSR count). The van der Waals surface area contributed by atoms with Gasteiger partial charge in [0.25, 0.3) is 0 Å². The number of ether oxygens (including phenoxy) is 2. The highest BCUT2D eigenvalue weighted by Gasteiger charge is 2.43. The summed E-state index contributed by atoms with van der Waals surface area (Å²) >= 11 is 0. The molecule has 1 aromatic rings. The number of nitrogens with one attached hydrogen (secondary N) is 1. The molecule has 1 N–H and O–H groups in total. The summed E-state index contributed by atoms with van der Waals surface area (Å²) in [6.07, 6.45) is 6.10. The number of para-hydroxylation sites is 1. The second-order valence-corrected chi connectivity index (χ2v) is 6.21. The second-order valence-electron chi connectivity index (χ2n) is 6.21. The van der Waals surface area contributed by atoms with E-state index in [1.807, 2.05) is 7.05 Å². The Morgan fingerprint density at radius 2 is 2.25 bits per heavy atom. The van der Waals surface area contributed by atoms with Gasteiger partial charge in [0.1, 0.15) is 11.9 Å². The van der Waals surface area contributed by atoms with Crippen LogP contribution in [0.4, 0.5) is 0 Å². The fourth-order valence-electron chi connectivity index (χ4n) is 3.38. The van der Waals surface area contributed by atoms with Gasteiger partial charge in [0.2, 0.25) is 0 Å². The molecule has 1 spiro atoms. The van der Waals surface area contributed by atoms with E-state index < -0.39 is 0 Å². The van der Waals surface area contributed by atoms with Crippen molar-refractivity contribution in [3.63, 3.8) is 0 Å². The molecule has 0 bridgehead atoms. The van der Waals surface area contributed by atoms with Crippen LogP contribution in [0.2, 0.25) is 0 Å². The Labute approximate surface area is 121 Å². The summed E-state index contributed by atoms with van der Waals surface area (Å²) in [7, 11) is 1.98. The Morgan fingerprint density at radius 3 is 2.95 bits per heavy atom. The van der Waals surface area contributed by atoms with Gasteiger partial charge in [-0.15, -0.1) is 0 Å². The largest absolute Gasteiger partial charge is 0.490 e. The average Bonchev–Trinajstić information content (AvgIpc) is 2.42. The van der Waals surface area contributed by atoms with Crippen molar-refractivity contribution in [2.75, 3.05) is 13.7 Å². The SMILES string of the molecule is CNCc1cccc(C)c1OC1CCOC2(CCC2)C1. The first-order valence-electron chi connectivity index (χ1n) is 7.76. The van der Waals surface area contributed by atoms with Gasteiger partial charge >= 0.3 is 0 Å². The molecule has 3 heteroatoms. The van der Waals surface area contributed by atoms with Crippen molar-refractivity contribution in [3.05, 3.63) is 29.3 Å². The Balaban J connectivity index is 1.73. The molecule has 2 aliphatic rings. The Morgan fingerprint density at radius 1 is 1.40 bits per heavy atom. The molecule has 1 aliphatic carbocycles. The molecule has 1 aromatic carbocycles. The number of benzene rings is 1. The molecular formula is C17H25NO2. The molecule has 3 nitrogen and oxygen atoms in total. The van der Waals surface area contributed by atoms with Crippen molar-refractivity contribution >= 4 is 0 Å². The zero-order chi connectivity index (χ0) is 14.0. The van der Waals surface area contributed by atoms with E-state index in [0.717, 1.165) is 31.7 Å². The van der Waals surface area contributed by atoms with Crippen LogP contribution in [0.5, 0.6) is 5.75 Å². The molecule has 0 amide bonds. The summed E-state index contributed by atoms with van der Waals surface area (Å²) in [6, 6.07) is 6.39. The van der Waals surface area contributed by atoms with Crippen LogP contribution in [0.1, 0.15) is 43.2 Å². The zero-order valence-corrected chi connectivity index (χ0v) is 12.6. The maximum Gasteiger partial charge on any atom is 0.127 e. The molecule has 110 valence electrons. The van der Waals surface area contributed by atoms with Gasteiger partial charge in [-0.1, -0.05) is 18.2 Å². The maximum absolute atomic E-state index is 6.38. The highest BCUT2D eigenvalue weighted by Crippen LogP contribution is 2.43. The van der Waals surface area contributed by atoms with Gasteiger partial charge in [0, 0.05) is 24.9 Å². The normalized spacial score (nSPS) is 24.4. The highest BCUT2D eigenvalue weighted by atomic mass is 16.5. The lowest BCUT2D eigenvalue weighted by Gasteiger charge is -2.47. The fraction of sp³-hybridized carbons (Fsp3) is 0.647. The van der Waals surface area contributed by atoms with Crippen LogP contribution < -0.4 is 10.1 Å². The van der Waals surface area contributed by atoms with E-state index in [9.17, 15) is 0 Å². The van der Waals surface area contributed by atoms with Crippen molar-refractivity contribution in [2.45, 2.75) is 57.3 Å². The predicted octanol–water partition coefficient (Wildman–Crippen LogP) is 3.19. The molecular weight excluding hydrogens is 250 g/mol. The van der Waals surface area contributed by atoms with E-state index in [2.05, 4.69) is 30.4 Å². The molecule has 1 heterocycles. The number of aryl methyl sites for hydroxylation is 1. The van der Waals surface area contributed by atoms with Gasteiger partial charge in [-0.25, -0.2) is 0 Å². The summed E-state index contributed by atoms with van der Waals surface area (Å²) in [5, 5.41) is 3.22. The topological polar surface area (TPSA) is 30.5 Å². The Kier molecular flexibility index (Phi) is 3.99. The predicted molar refractivity (Wildman–Crippen MR) is 80.1 cm³/mol. The van der Waals surface area contributed by atoms with Gasteiger partial charge in [-0.05, 0) is 38.8 Å².